The molecule has 0 fully saturated rings. The van der Waals surface area contributed by atoms with Gasteiger partial charge in [0.15, 0.2) is 0 Å². The van der Waals surface area contributed by atoms with Crippen molar-refractivity contribution in [3.05, 3.63) is 33.3 Å². The minimum absolute atomic E-state index is 0.127. The van der Waals surface area contributed by atoms with Crippen LogP contribution in [0.3, 0.4) is 0 Å². The van der Waals surface area contributed by atoms with Crippen LogP contribution in [0.4, 0.5) is 11.4 Å². The molecule has 0 amide bonds. The summed E-state index contributed by atoms with van der Waals surface area (Å²) >= 11 is 5.94. The fraction of sp³-hybridized carbons (Fsp3) is 0.417. The molecule has 0 atom stereocenters. The van der Waals surface area contributed by atoms with Gasteiger partial charge in [0.1, 0.15) is 5.54 Å². The van der Waals surface area contributed by atoms with Crippen molar-refractivity contribution in [2.45, 2.75) is 32.2 Å². The Bertz CT molecular complexity index is 501. The Labute approximate surface area is 115 Å². The molecular formula is C12H15ClN2O4. The number of nitrogens with one attached hydrogen (secondary N) is 1. The summed E-state index contributed by atoms with van der Waals surface area (Å²) in [6.45, 7) is 3.51. The molecule has 1 aromatic rings. The monoisotopic (exact) mass is 286 g/mol. The van der Waals surface area contributed by atoms with Gasteiger partial charge in [-0.2, -0.15) is 0 Å². The van der Waals surface area contributed by atoms with Crippen molar-refractivity contribution in [2.75, 3.05) is 5.32 Å². The number of non-ortho nitro benzene ring substituents is 1. The number of nitrogens with zero attached hydrogens (tertiary/aromatic N) is 1. The van der Waals surface area contributed by atoms with E-state index in [1.165, 1.54) is 18.2 Å². The number of aliphatic carboxylic acids is 1. The van der Waals surface area contributed by atoms with E-state index >= 15 is 0 Å². The van der Waals surface area contributed by atoms with Crippen LogP contribution in [0.5, 0.6) is 0 Å². The Balaban J connectivity index is 3.11. The van der Waals surface area contributed by atoms with Gasteiger partial charge < -0.3 is 10.4 Å². The van der Waals surface area contributed by atoms with Gasteiger partial charge in [-0.1, -0.05) is 25.4 Å². The van der Waals surface area contributed by atoms with Gasteiger partial charge >= 0.3 is 5.97 Å². The van der Waals surface area contributed by atoms with Crippen molar-refractivity contribution in [2.24, 2.45) is 0 Å². The maximum Gasteiger partial charge on any atom is 0.329 e. The van der Waals surface area contributed by atoms with E-state index in [-0.39, 0.29) is 10.7 Å². The first-order chi connectivity index (χ1) is 8.86. The van der Waals surface area contributed by atoms with E-state index in [0.717, 1.165) is 0 Å². The van der Waals surface area contributed by atoms with Crippen LogP contribution in [0, 0.1) is 10.1 Å². The van der Waals surface area contributed by atoms with Crippen molar-refractivity contribution in [1.82, 2.24) is 0 Å². The lowest BCUT2D eigenvalue weighted by atomic mass is 9.92. The Morgan fingerprint density at radius 2 is 2.05 bits per heavy atom. The molecule has 0 saturated carbocycles. The van der Waals surface area contributed by atoms with E-state index in [9.17, 15) is 20.0 Å². The molecule has 6 nitrogen and oxygen atoms in total. The van der Waals surface area contributed by atoms with Crippen LogP contribution in [-0.2, 0) is 4.79 Å². The summed E-state index contributed by atoms with van der Waals surface area (Å²) in [5.74, 6) is -0.980. The summed E-state index contributed by atoms with van der Waals surface area (Å²) in [6.07, 6.45) is 0.734. The normalized spacial score (nSPS) is 11.1. The number of benzene rings is 1. The second kappa shape index (κ2) is 5.88. The summed E-state index contributed by atoms with van der Waals surface area (Å²) in [7, 11) is 0. The molecular weight excluding hydrogens is 272 g/mol. The number of carbonyl (C=O) groups is 1. The number of rotatable bonds is 6. The molecule has 19 heavy (non-hydrogen) atoms. The predicted molar refractivity (Wildman–Crippen MR) is 72.7 cm³/mol. The third kappa shape index (κ3) is 3.14. The number of carboxylic acid groups (broad SMARTS) is 1. The molecule has 0 aliphatic carbocycles. The van der Waals surface area contributed by atoms with E-state index in [2.05, 4.69) is 5.32 Å². The molecule has 0 aromatic heterocycles. The number of hydrogen-bond donors (Lipinski definition) is 2. The first-order valence-corrected chi connectivity index (χ1v) is 6.19. The summed E-state index contributed by atoms with van der Waals surface area (Å²) in [6, 6.07) is 3.90. The Hall–Kier alpha value is -1.82. The largest absolute Gasteiger partial charge is 0.480 e. The first-order valence-electron chi connectivity index (χ1n) is 5.81. The maximum absolute atomic E-state index is 11.4. The van der Waals surface area contributed by atoms with Crippen LogP contribution in [0.2, 0.25) is 5.02 Å². The molecule has 104 valence electrons. The average molecular weight is 287 g/mol. The van der Waals surface area contributed by atoms with Gasteiger partial charge in [0.25, 0.3) is 5.69 Å². The number of anilines is 1. The number of hydrogen-bond acceptors (Lipinski definition) is 4. The van der Waals surface area contributed by atoms with E-state index in [4.69, 9.17) is 11.6 Å². The number of nitro groups is 1. The summed E-state index contributed by atoms with van der Waals surface area (Å²) < 4.78 is 0. The van der Waals surface area contributed by atoms with Gasteiger partial charge in [-0.15, -0.1) is 0 Å². The summed E-state index contributed by atoms with van der Waals surface area (Å²) in [4.78, 5) is 21.4. The van der Waals surface area contributed by atoms with Gasteiger partial charge in [-0.05, 0) is 18.9 Å². The zero-order chi connectivity index (χ0) is 14.6. The SMILES string of the molecule is CCC(CC)(Nc1ccc([N+](=O)[O-])cc1Cl)C(=O)O. The van der Waals surface area contributed by atoms with Crippen LogP contribution < -0.4 is 5.32 Å². The molecule has 0 saturated heterocycles. The second-order valence-corrected chi connectivity index (χ2v) is 4.55. The highest BCUT2D eigenvalue weighted by molar-refractivity contribution is 6.33. The topological polar surface area (TPSA) is 92.5 Å². The first kappa shape index (κ1) is 15.2. The van der Waals surface area contributed by atoms with E-state index in [1.54, 1.807) is 13.8 Å². The molecule has 0 heterocycles. The van der Waals surface area contributed by atoms with Gasteiger partial charge in [0.05, 0.1) is 15.6 Å². The van der Waals surface area contributed by atoms with Crippen LogP contribution in [0.25, 0.3) is 0 Å². The summed E-state index contributed by atoms with van der Waals surface area (Å²) in [5, 5.41) is 22.9. The zero-order valence-electron chi connectivity index (χ0n) is 10.6. The molecule has 1 aromatic carbocycles. The van der Waals surface area contributed by atoms with Crippen LogP contribution in [0.15, 0.2) is 18.2 Å². The zero-order valence-corrected chi connectivity index (χ0v) is 11.4. The molecule has 0 spiro atoms. The lowest BCUT2D eigenvalue weighted by molar-refractivity contribution is -0.384. The predicted octanol–water partition coefficient (Wildman–Crippen LogP) is 3.30. The Morgan fingerprint density at radius 1 is 1.47 bits per heavy atom. The number of carboxylic acids is 1. The molecule has 0 aliphatic heterocycles. The standard InChI is InChI=1S/C12H15ClN2O4/c1-3-12(4-2,11(16)17)14-10-6-5-8(15(18)19)7-9(10)13/h5-7,14H,3-4H2,1-2H3,(H,16,17). The van der Waals surface area contributed by atoms with Gasteiger partial charge in [-0.25, -0.2) is 4.79 Å². The van der Waals surface area contributed by atoms with Crippen molar-refractivity contribution >= 4 is 28.9 Å². The lowest BCUT2D eigenvalue weighted by Gasteiger charge is -2.29. The van der Waals surface area contributed by atoms with Crippen molar-refractivity contribution < 1.29 is 14.8 Å². The van der Waals surface area contributed by atoms with Crippen molar-refractivity contribution in [3.63, 3.8) is 0 Å². The fourth-order valence-electron chi connectivity index (χ4n) is 1.76. The molecule has 0 bridgehead atoms. The Morgan fingerprint density at radius 3 is 2.42 bits per heavy atom. The fourth-order valence-corrected chi connectivity index (χ4v) is 1.98. The van der Waals surface area contributed by atoms with Gasteiger partial charge in [-0.3, -0.25) is 10.1 Å². The van der Waals surface area contributed by atoms with Crippen LogP contribution in [-0.4, -0.2) is 21.5 Å². The quantitative estimate of drug-likeness (QED) is 0.618. The average Bonchev–Trinajstić information content (AvgIpc) is 2.37. The number of nitro benzene ring substituents is 1. The molecule has 1 rings (SSSR count). The molecule has 7 heteroatoms. The van der Waals surface area contributed by atoms with Gasteiger partial charge in [0, 0.05) is 12.1 Å². The highest BCUT2D eigenvalue weighted by Gasteiger charge is 2.35. The van der Waals surface area contributed by atoms with Crippen molar-refractivity contribution in [3.8, 4) is 0 Å². The van der Waals surface area contributed by atoms with E-state index in [1.807, 2.05) is 0 Å². The molecule has 2 N–H and O–H groups in total. The van der Waals surface area contributed by atoms with Crippen LogP contribution in [0.1, 0.15) is 26.7 Å². The molecule has 0 unspecified atom stereocenters. The highest BCUT2D eigenvalue weighted by atomic mass is 35.5. The maximum atomic E-state index is 11.4. The minimum Gasteiger partial charge on any atom is -0.480 e. The van der Waals surface area contributed by atoms with Crippen molar-refractivity contribution in [1.29, 1.82) is 0 Å². The smallest absolute Gasteiger partial charge is 0.329 e. The lowest BCUT2D eigenvalue weighted by Crippen LogP contribution is -2.45. The third-order valence-electron chi connectivity index (χ3n) is 3.15. The molecule has 0 radical (unpaired) electrons. The van der Waals surface area contributed by atoms with E-state index in [0.29, 0.717) is 18.5 Å². The highest BCUT2D eigenvalue weighted by Crippen LogP contribution is 2.31. The third-order valence-corrected chi connectivity index (χ3v) is 3.47. The molecule has 0 aliphatic rings. The second-order valence-electron chi connectivity index (χ2n) is 4.14. The Kier molecular flexibility index (Phi) is 4.72. The van der Waals surface area contributed by atoms with E-state index < -0.39 is 16.4 Å². The van der Waals surface area contributed by atoms with Crippen LogP contribution >= 0.6 is 11.6 Å². The minimum atomic E-state index is -1.13. The van der Waals surface area contributed by atoms with Gasteiger partial charge in [0.2, 0.25) is 0 Å². The number of halogens is 1. The summed E-state index contributed by atoms with van der Waals surface area (Å²) in [5.41, 5.74) is -0.886.